The number of fused-ring (bicyclic) bond motifs is 1. The summed E-state index contributed by atoms with van der Waals surface area (Å²) in [5, 5.41) is 17.3. The topological polar surface area (TPSA) is 71.2 Å². The summed E-state index contributed by atoms with van der Waals surface area (Å²) in [5.74, 6) is -0.253. The molecule has 0 radical (unpaired) electrons. The summed E-state index contributed by atoms with van der Waals surface area (Å²) < 4.78 is 1.85. The van der Waals surface area contributed by atoms with Crippen LogP contribution in [0, 0.1) is 5.92 Å². The van der Waals surface area contributed by atoms with Crippen molar-refractivity contribution in [3.8, 4) is 0 Å². The molecule has 6 heteroatoms. The number of carboxylic acids is 1. The van der Waals surface area contributed by atoms with E-state index in [-0.39, 0.29) is 6.42 Å². The van der Waals surface area contributed by atoms with Gasteiger partial charge in [0.05, 0.1) is 11.9 Å². The molecule has 19 heavy (non-hydrogen) atoms. The third-order valence-corrected chi connectivity index (χ3v) is 3.53. The van der Waals surface area contributed by atoms with Crippen molar-refractivity contribution >= 4 is 17.0 Å². The predicted molar refractivity (Wildman–Crippen MR) is 69.9 cm³/mol. The molecule has 0 spiro atoms. The van der Waals surface area contributed by atoms with Crippen LogP contribution in [0.5, 0.6) is 0 Å². The van der Waals surface area contributed by atoms with Gasteiger partial charge in [-0.2, -0.15) is 0 Å². The molecule has 3 rings (SSSR count). The van der Waals surface area contributed by atoms with Crippen molar-refractivity contribution in [3.63, 3.8) is 0 Å². The molecule has 1 aromatic heterocycles. The molecule has 1 aliphatic rings. The van der Waals surface area contributed by atoms with Gasteiger partial charge in [-0.3, -0.25) is 4.79 Å². The van der Waals surface area contributed by atoms with Crippen molar-refractivity contribution in [1.82, 2.24) is 19.9 Å². The van der Waals surface area contributed by atoms with E-state index >= 15 is 0 Å². The van der Waals surface area contributed by atoms with Gasteiger partial charge in [0.25, 0.3) is 0 Å². The lowest BCUT2D eigenvalue weighted by atomic mass is 10.0. The molecule has 0 saturated carbocycles. The number of hydrogen-bond donors (Lipinski definition) is 1. The third kappa shape index (κ3) is 2.31. The molecular formula is C13H16N4O2. The SMILES string of the molecule is CN1CC(Cn2nnc3cccc(CC(=O)O)c32)C1. The van der Waals surface area contributed by atoms with Crippen LogP contribution in [0.2, 0.25) is 0 Å². The zero-order valence-electron chi connectivity index (χ0n) is 10.8. The Labute approximate surface area is 110 Å². The number of aliphatic carboxylic acids is 1. The number of para-hydroxylation sites is 1. The van der Waals surface area contributed by atoms with Gasteiger partial charge in [-0.25, -0.2) is 4.68 Å². The molecule has 1 aromatic carbocycles. The minimum absolute atomic E-state index is 0.00921. The molecule has 1 aliphatic heterocycles. The second-order valence-electron chi connectivity index (χ2n) is 5.21. The highest BCUT2D eigenvalue weighted by Crippen LogP contribution is 2.21. The van der Waals surface area contributed by atoms with Gasteiger partial charge in [0.1, 0.15) is 5.52 Å². The summed E-state index contributed by atoms with van der Waals surface area (Å²) in [6, 6.07) is 5.54. The third-order valence-electron chi connectivity index (χ3n) is 3.53. The minimum atomic E-state index is -0.830. The monoisotopic (exact) mass is 260 g/mol. The average Bonchev–Trinajstić information content (AvgIpc) is 2.71. The van der Waals surface area contributed by atoms with E-state index in [0.717, 1.165) is 36.2 Å². The number of carboxylic acid groups (broad SMARTS) is 1. The van der Waals surface area contributed by atoms with Crippen molar-refractivity contribution in [2.75, 3.05) is 20.1 Å². The molecular weight excluding hydrogens is 244 g/mol. The summed E-state index contributed by atoms with van der Waals surface area (Å²) in [4.78, 5) is 13.2. The van der Waals surface area contributed by atoms with E-state index in [9.17, 15) is 4.79 Å². The highest BCUT2D eigenvalue weighted by atomic mass is 16.4. The minimum Gasteiger partial charge on any atom is -0.481 e. The number of benzene rings is 1. The average molecular weight is 260 g/mol. The van der Waals surface area contributed by atoms with E-state index in [4.69, 9.17) is 5.11 Å². The van der Waals surface area contributed by atoms with E-state index in [1.807, 2.05) is 22.9 Å². The van der Waals surface area contributed by atoms with Crippen molar-refractivity contribution in [2.24, 2.45) is 5.92 Å². The van der Waals surface area contributed by atoms with Crippen LogP contribution >= 0.6 is 0 Å². The first-order chi connectivity index (χ1) is 9.13. The lowest BCUT2D eigenvalue weighted by Gasteiger charge is -2.36. The molecule has 2 heterocycles. The van der Waals surface area contributed by atoms with Gasteiger partial charge >= 0.3 is 5.97 Å². The van der Waals surface area contributed by atoms with E-state index < -0.39 is 5.97 Å². The van der Waals surface area contributed by atoms with E-state index in [1.165, 1.54) is 0 Å². The van der Waals surface area contributed by atoms with E-state index in [2.05, 4.69) is 22.3 Å². The predicted octanol–water partition coefficient (Wildman–Crippen LogP) is 0.620. The molecule has 2 aromatic rings. The number of hydrogen-bond acceptors (Lipinski definition) is 4. The number of aromatic nitrogens is 3. The molecule has 0 atom stereocenters. The van der Waals surface area contributed by atoms with Crippen LogP contribution < -0.4 is 0 Å². The molecule has 100 valence electrons. The van der Waals surface area contributed by atoms with Crippen molar-refractivity contribution in [1.29, 1.82) is 0 Å². The molecule has 6 nitrogen and oxygen atoms in total. The van der Waals surface area contributed by atoms with E-state index in [0.29, 0.717) is 5.92 Å². The Balaban J connectivity index is 1.93. The van der Waals surface area contributed by atoms with Crippen molar-refractivity contribution in [3.05, 3.63) is 23.8 Å². The first-order valence-electron chi connectivity index (χ1n) is 6.35. The fourth-order valence-electron chi connectivity index (χ4n) is 2.72. The Kier molecular flexibility index (Phi) is 2.94. The zero-order valence-corrected chi connectivity index (χ0v) is 10.8. The number of likely N-dealkylation sites (tertiary alicyclic amines) is 1. The Morgan fingerprint density at radius 3 is 2.95 bits per heavy atom. The van der Waals surface area contributed by atoms with Gasteiger partial charge in [0.15, 0.2) is 0 Å². The Morgan fingerprint density at radius 1 is 1.47 bits per heavy atom. The normalized spacial score (nSPS) is 16.7. The largest absolute Gasteiger partial charge is 0.481 e. The number of nitrogens with zero attached hydrogens (tertiary/aromatic N) is 4. The van der Waals surface area contributed by atoms with Gasteiger partial charge in [-0.15, -0.1) is 5.10 Å². The summed E-state index contributed by atoms with van der Waals surface area (Å²) in [6.07, 6.45) is 0.00921. The second-order valence-corrected chi connectivity index (χ2v) is 5.21. The van der Waals surface area contributed by atoms with Crippen LogP contribution in [0.15, 0.2) is 18.2 Å². The van der Waals surface area contributed by atoms with Gasteiger partial charge in [-0.05, 0) is 18.7 Å². The van der Waals surface area contributed by atoms with Crippen LogP contribution in [0.25, 0.3) is 11.0 Å². The maximum atomic E-state index is 10.9. The van der Waals surface area contributed by atoms with E-state index in [1.54, 1.807) is 0 Å². The first-order valence-corrected chi connectivity index (χ1v) is 6.35. The summed E-state index contributed by atoms with van der Waals surface area (Å²) in [5.41, 5.74) is 2.41. The van der Waals surface area contributed by atoms with Crippen LogP contribution in [0.4, 0.5) is 0 Å². The molecule has 0 amide bonds. The fraction of sp³-hybridized carbons (Fsp3) is 0.462. The van der Waals surface area contributed by atoms with Crippen molar-refractivity contribution < 1.29 is 9.90 Å². The highest BCUT2D eigenvalue weighted by molar-refractivity contribution is 5.83. The molecule has 0 bridgehead atoms. The Hall–Kier alpha value is -1.95. The summed E-state index contributed by atoms with van der Waals surface area (Å²) in [6.45, 7) is 2.92. The maximum absolute atomic E-state index is 10.9. The lowest BCUT2D eigenvalue weighted by Crippen LogP contribution is -2.45. The molecule has 1 N–H and O–H groups in total. The van der Waals surface area contributed by atoms with Crippen molar-refractivity contribution in [2.45, 2.75) is 13.0 Å². The van der Waals surface area contributed by atoms with Crippen LogP contribution in [-0.2, 0) is 17.8 Å². The quantitative estimate of drug-likeness (QED) is 0.872. The number of rotatable bonds is 4. The molecule has 1 fully saturated rings. The van der Waals surface area contributed by atoms with Gasteiger partial charge in [0.2, 0.25) is 0 Å². The standard InChI is InChI=1S/C13H16N4O2/c1-16-6-9(7-16)8-17-13-10(5-12(18)19)3-2-4-11(13)14-15-17/h2-4,9H,5-8H2,1H3,(H,18,19). The highest BCUT2D eigenvalue weighted by Gasteiger charge is 2.25. The van der Waals surface area contributed by atoms with Gasteiger partial charge in [-0.1, -0.05) is 17.3 Å². The summed E-state index contributed by atoms with van der Waals surface area (Å²) >= 11 is 0. The van der Waals surface area contributed by atoms with Crippen LogP contribution in [0.1, 0.15) is 5.56 Å². The van der Waals surface area contributed by atoms with Gasteiger partial charge < -0.3 is 10.0 Å². The molecule has 0 unspecified atom stereocenters. The summed E-state index contributed by atoms with van der Waals surface area (Å²) in [7, 11) is 2.09. The maximum Gasteiger partial charge on any atom is 0.307 e. The van der Waals surface area contributed by atoms with Crippen LogP contribution in [0.3, 0.4) is 0 Å². The smallest absolute Gasteiger partial charge is 0.307 e. The molecule has 0 aliphatic carbocycles. The molecule has 1 saturated heterocycles. The lowest BCUT2D eigenvalue weighted by molar-refractivity contribution is -0.136. The zero-order chi connectivity index (χ0) is 13.4. The Bertz CT molecular complexity index is 616. The Morgan fingerprint density at radius 2 is 2.26 bits per heavy atom. The number of carbonyl (C=O) groups is 1. The second kappa shape index (κ2) is 4.62. The first kappa shape index (κ1) is 12.1. The van der Waals surface area contributed by atoms with Crippen LogP contribution in [-0.4, -0.2) is 51.1 Å². The van der Waals surface area contributed by atoms with Gasteiger partial charge in [0, 0.05) is 25.6 Å². The fourth-order valence-corrected chi connectivity index (χ4v) is 2.72.